The molecule has 3 N–H and O–H groups in total. The van der Waals surface area contributed by atoms with Gasteiger partial charge in [0.15, 0.2) is 0 Å². The van der Waals surface area contributed by atoms with Gasteiger partial charge in [-0.25, -0.2) is 17.5 Å². The van der Waals surface area contributed by atoms with Crippen molar-refractivity contribution in [1.29, 1.82) is 0 Å². The molecule has 2 rings (SSSR count). The first-order valence-electron chi connectivity index (χ1n) is 5.98. The average molecular weight is 314 g/mol. The first kappa shape index (κ1) is 15.0. The van der Waals surface area contributed by atoms with Crippen LogP contribution in [0, 0.1) is 12.7 Å². The molecule has 1 heterocycles. The lowest BCUT2D eigenvalue weighted by Crippen LogP contribution is -2.26. The van der Waals surface area contributed by atoms with Crippen LogP contribution in [0.5, 0.6) is 0 Å². The number of halogens is 1. The molecule has 0 unspecified atom stereocenters. The Morgan fingerprint density at radius 3 is 2.80 bits per heavy atom. The number of nitrogen functional groups attached to an aromatic ring is 1. The van der Waals surface area contributed by atoms with Crippen molar-refractivity contribution in [2.75, 3.05) is 12.3 Å². The second kappa shape index (κ2) is 5.90. The summed E-state index contributed by atoms with van der Waals surface area (Å²) in [6.45, 7) is 1.68. The summed E-state index contributed by atoms with van der Waals surface area (Å²) in [5, 5.41) is 1.93. The number of sulfonamides is 1. The molecular formula is C13H15FN2O2S2. The lowest BCUT2D eigenvalue weighted by Gasteiger charge is -2.10. The van der Waals surface area contributed by atoms with Crippen LogP contribution in [0.2, 0.25) is 0 Å². The summed E-state index contributed by atoms with van der Waals surface area (Å²) in [4.78, 5) is 0.976. The van der Waals surface area contributed by atoms with Crippen LogP contribution in [0.1, 0.15) is 10.4 Å². The molecule has 0 aliphatic heterocycles. The van der Waals surface area contributed by atoms with Gasteiger partial charge < -0.3 is 5.73 Å². The maximum absolute atomic E-state index is 13.5. The second-order valence-electron chi connectivity index (χ2n) is 4.35. The van der Waals surface area contributed by atoms with E-state index in [9.17, 15) is 12.8 Å². The first-order chi connectivity index (χ1) is 9.40. The number of hydrogen-bond acceptors (Lipinski definition) is 4. The SMILES string of the molecule is Cc1c(F)cc(N)cc1S(=O)(=O)NCCc1cccs1. The summed E-state index contributed by atoms with van der Waals surface area (Å²) in [6, 6.07) is 6.22. The molecule has 0 fully saturated rings. The molecule has 20 heavy (non-hydrogen) atoms. The average Bonchev–Trinajstić information content (AvgIpc) is 2.86. The molecule has 1 aromatic carbocycles. The van der Waals surface area contributed by atoms with Gasteiger partial charge in [0, 0.05) is 22.7 Å². The topological polar surface area (TPSA) is 72.2 Å². The molecule has 0 atom stereocenters. The van der Waals surface area contributed by atoms with Crippen LogP contribution in [0.15, 0.2) is 34.5 Å². The first-order valence-corrected chi connectivity index (χ1v) is 8.34. The van der Waals surface area contributed by atoms with Crippen LogP contribution in [0.4, 0.5) is 10.1 Å². The van der Waals surface area contributed by atoms with Gasteiger partial charge in [-0.1, -0.05) is 6.07 Å². The van der Waals surface area contributed by atoms with Crippen molar-refractivity contribution in [2.45, 2.75) is 18.2 Å². The lowest BCUT2D eigenvalue weighted by atomic mass is 10.2. The van der Waals surface area contributed by atoms with E-state index >= 15 is 0 Å². The predicted octanol–water partition coefficient (Wildman–Crippen LogP) is 2.30. The van der Waals surface area contributed by atoms with Gasteiger partial charge in [-0.05, 0) is 36.9 Å². The summed E-state index contributed by atoms with van der Waals surface area (Å²) in [5.74, 6) is -0.622. The third kappa shape index (κ3) is 3.36. The van der Waals surface area contributed by atoms with E-state index in [-0.39, 0.29) is 22.7 Å². The van der Waals surface area contributed by atoms with Crippen molar-refractivity contribution in [1.82, 2.24) is 4.72 Å². The smallest absolute Gasteiger partial charge is 0.241 e. The quantitative estimate of drug-likeness (QED) is 0.832. The zero-order chi connectivity index (χ0) is 14.8. The van der Waals surface area contributed by atoms with Crippen LogP contribution in [-0.2, 0) is 16.4 Å². The van der Waals surface area contributed by atoms with E-state index < -0.39 is 15.8 Å². The number of nitrogens with one attached hydrogen (secondary N) is 1. The van der Waals surface area contributed by atoms with Crippen molar-refractivity contribution >= 4 is 27.0 Å². The molecule has 0 saturated heterocycles. The number of thiophene rings is 1. The molecule has 0 bridgehead atoms. The highest BCUT2D eigenvalue weighted by Crippen LogP contribution is 2.21. The number of anilines is 1. The fourth-order valence-corrected chi connectivity index (χ4v) is 3.82. The zero-order valence-corrected chi connectivity index (χ0v) is 12.5. The van der Waals surface area contributed by atoms with Crippen LogP contribution >= 0.6 is 11.3 Å². The van der Waals surface area contributed by atoms with Crippen LogP contribution < -0.4 is 10.5 Å². The molecule has 2 aromatic rings. The molecule has 1 aromatic heterocycles. The van der Waals surface area contributed by atoms with Crippen molar-refractivity contribution in [3.05, 3.63) is 45.9 Å². The highest BCUT2D eigenvalue weighted by molar-refractivity contribution is 7.89. The number of rotatable bonds is 5. The van der Waals surface area contributed by atoms with Crippen molar-refractivity contribution in [3.63, 3.8) is 0 Å². The van der Waals surface area contributed by atoms with Gasteiger partial charge in [0.2, 0.25) is 10.0 Å². The Balaban J connectivity index is 2.14. The van der Waals surface area contributed by atoms with E-state index in [4.69, 9.17) is 5.73 Å². The number of hydrogen-bond donors (Lipinski definition) is 2. The Morgan fingerprint density at radius 2 is 2.15 bits per heavy atom. The van der Waals surface area contributed by atoms with Gasteiger partial charge in [-0.3, -0.25) is 0 Å². The Kier molecular flexibility index (Phi) is 4.42. The van der Waals surface area contributed by atoms with Gasteiger partial charge in [-0.15, -0.1) is 11.3 Å². The summed E-state index contributed by atoms with van der Waals surface area (Å²) in [6.07, 6.45) is 0.598. The molecule has 0 aliphatic rings. The van der Waals surface area contributed by atoms with Gasteiger partial charge >= 0.3 is 0 Å². The molecular weight excluding hydrogens is 299 g/mol. The minimum absolute atomic E-state index is 0.0721. The number of benzene rings is 1. The summed E-state index contributed by atoms with van der Waals surface area (Å²) >= 11 is 1.56. The molecule has 0 radical (unpaired) electrons. The standard InChI is InChI=1S/C13H15FN2O2S2/c1-9-12(14)7-10(15)8-13(9)20(17,18)16-5-4-11-3-2-6-19-11/h2-3,6-8,16H,4-5,15H2,1H3. The predicted molar refractivity (Wildman–Crippen MR) is 78.8 cm³/mol. The number of nitrogens with two attached hydrogens (primary N) is 1. The zero-order valence-electron chi connectivity index (χ0n) is 10.9. The van der Waals surface area contributed by atoms with Gasteiger partial charge in [0.25, 0.3) is 0 Å². The van der Waals surface area contributed by atoms with Crippen molar-refractivity contribution < 1.29 is 12.8 Å². The second-order valence-corrected chi connectivity index (χ2v) is 7.12. The Labute approximate surface area is 121 Å². The fourth-order valence-electron chi connectivity index (χ4n) is 1.79. The lowest BCUT2D eigenvalue weighted by molar-refractivity contribution is 0.575. The van der Waals surface area contributed by atoms with Gasteiger partial charge in [0.1, 0.15) is 5.82 Å². The molecule has 0 saturated carbocycles. The molecule has 4 nitrogen and oxygen atoms in total. The van der Waals surface area contributed by atoms with E-state index in [0.29, 0.717) is 6.42 Å². The maximum Gasteiger partial charge on any atom is 0.241 e. The normalized spacial score (nSPS) is 11.7. The van der Waals surface area contributed by atoms with E-state index in [1.807, 2.05) is 17.5 Å². The summed E-state index contributed by atoms with van der Waals surface area (Å²) in [5.41, 5.74) is 5.66. The van der Waals surface area contributed by atoms with Crippen LogP contribution in [-0.4, -0.2) is 15.0 Å². The Hall–Kier alpha value is -1.44. The summed E-state index contributed by atoms with van der Waals surface area (Å²) < 4.78 is 40.3. The van der Waals surface area contributed by atoms with Gasteiger partial charge in [-0.2, -0.15) is 0 Å². The minimum Gasteiger partial charge on any atom is -0.399 e. The molecule has 108 valence electrons. The maximum atomic E-state index is 13.5. The van der Waals surface area contributed by atoms with E-state index in [1.54, 1.807) is 11.3 Å². The minimum atomic E-state index is -3.75. The molecule has 0 aliphatic carbocycles. The molecule has 7 heteroatoms. The van der Waals surface area contributed by atoms with Crippen molar-refractivity contribution in [3.8, 4) is 0 Å². The Morgan fingerprint density at radius 1 is 1.40 bits per heavy atom. The largest absolute Gasteiger partial charge is 0.399 e. The highest BCUT2D eigenvalue weighted by atomic mass is 32.2. The van der Waals surface area contributed by atoms with Gasteiger partial charge in [0.05, 0.1) is 4.90 Å². The van der Waals surface area contributed by atoms with Crippen LogP contribution in [0.3, 0.4) is 0 Å². The van der Waals surface area contributed by atoms with Crippen molar-refractivity contribution in [2.24, 2.45) is 0 Å². The summed E-state index contributed by atoms with van der Waals surface area (Å²) in [7, 11) is -3.75. The molecule has 0 amide bonds. The fraction of sp³-hybridized carbons (Fsp3) is 0.231. The van der Waals surface area contributed by atoms with E-state index in [1.165, 1.54) is 13.0 Å². The Bertz CT molecular complexity index is 697. The van der Waals surface area contributed by atoms with Crippen LogP contribution in [0.25, 0.3) is 0 Å². The molecule has 0 spiro atoms. The monoisotopic (exact) mass is 314 g/mol. The van der Waals surface area contributed by atoms with E-state index in [0.717, 1.165) is 10.9 Å². The third-order valence-corrected chi connectivity index (χ3v) is 5.38. The highest BCUT2D eigenvalue weighted by Gasteiger charge is 2.19. The van der Waals surface area contributed by atoms with E-state index in [2.05, 4.69) is 4.72 Å². The third-order valence-electron chi connectivity index (χ3n) is 2.85.